The number of hydrogen-bond donors (Lipinski definition) is 5. The van der Waals surface area contributed by atoms with Crippen molar-refractivity contribution in [2.75, 3.05) is 26.7 Å². The Morgan fingerprint density at radius 1 is 1.47 bits per heavy atom. The molecule has 110 valence electrons. The van der Waals surface area contributed by atoms with Gasteiger partial charge < -0.3 is 27.0 Å². The Morgan fingerprint density at radius 2 is 2.11 bits per heavy atom. The van der Waals surface area contributed by atoms with Crippen molar-refractivity contribution in [1.29, 1.82) is 5.41 Å². The lowest BCUT2D eigenvalue weighted by atomic mass is 10.0. The van der Waals surface area contributed by atoms with Crippen molar-refractivity contribution >= 4 is 11.9 Å². The number of likely N-dealkylation sites (tertiary alicyclic amines) is 1. The van der Waals surface area contributed by atoms with E-state index in [4.69, 9.17) is 16.9 Å². The number of carbonyl (C=O) groups is 1. The quantitative estimate of drug-likeness (QED) is 0.235. The number of amides is 1. The topological polar surface area (TPSA) is 120 Å². The maximum absolute atomic E-state index is 11.9. The number of guanidine groups is 1. The van der Waals surface area contributed by atoms with Gasteiger partial charge in [0.05, 0.1) is 6.04 Å². The van der Waals surface area contributed by atoms with E-state index in [-0.39, 0.29) is 17.9 Å². The summed E-state index contributed by atoms with van der Waals surface area (Å²) < 4.78 is 0. The highest BCUT2D eigenvalue weighted by Crippen LogP contribution is 2.08. The van der Waals surface area contributed by atoms with Gasteiger partial charge in [0.2, 0.25) is 5.91 Å². The molecular weight excluding hydrogens is 244 g/mol. The van der Waals surface area contributed by atoms with Crippen LogP contribution in [0, 0.1) is 5.41 Å². The first-order valence-corrected chi connectivity index (χ1v) is 6.81. The van der Waals surface area contributed by atoms with Gasteiger partial charge in [-0.05, 0) is 45.8 Å². The molecule has 0 aromatic rings. The number of rotatable bonds is 6. The zero-order chi connectivity index (χ0) is 14.3. The molecule has 7 heteroatoms. The first-order chi connectivity index (χ1) is 8.99. The molecule has 0 saturated carbocycles. The van der Waals surface area contributed by atoms with E-state index < -0.39 is 6.04 Å². The number of nitrogens with two attached hydrogens (primary N) is 2. The highest BCUT2D eigenvalue weighted by molar-refractivity contribution is 5.81. The van der Waals surface area contributed by atoms with E-state index in [2.05, 4.69) is 22.6 Å². The zero-order valence-corrected chi connectivity index (χ0v) is 11.6. The number of carbonyl (C=O) groups excluding carboxylic acids is 1. The lowest BCUT2D eigenvalue weighted by Crippen LogP contribution is -2.49. The van der Waals surface area contributed by atoms with Gasteiger partial charge in [-0.3, -0.25) is 10.2 Å². The molecule has 1 atom stereocenters. The van der Waals surface area contributed by atoms with E-state index in [0.29, 0.717) is 13.0 Å². The molecule has 1 amide bonds. The molecule has 1 aliphatic rings. The van der Waals surface area contributed by atoms with Crippen molar-refractivity contribution in [1.82, 2.24) is 15.5 Å². The van der Waals surface area contributed by atoms with Crippen LogP contribution in [0.5, 0.6) is 0 Å². The summed E-state index contributed by atoms with van der Waals surface area (Å²) in [5.41, 5.74) is 11.0. The van der Waals surface area contributed by atoms with Gasteiger partial charge in [0.1, 0.15) is 0 Å². The first kappa shape index (κ1) is 15.7. The SMILES string of the molecule is CN1CCC(NC(=O)C(N)CCCNC(=N)N)CC1. The van der Waals surface area contributed by atoms with Crippen LogP contribution in [0.15, 0.2) is 0 Å². The fraction of sp³-hybridized carbons (Fsp3) is 0.833. The minimum absolute atomic E-state index is 0.0515. The van der Waals surface area contributed by atoms with E-state index in [0.717, 1.165) is 32.4 Å². The van der Waals surface area contributed by atoms with Gasteiger partial charge in [0, 0.05) is 12.6 Å². The van der Waals surface area contributed by atoms with Crippen LogP contribution in [0.4, 0.5) is 0 Å². The molecule has 1 unspecified atom stereocenters. The summed E-state index contributed by atoms with van der Waals surface area (Å²) in [6, 6.07) is -0.224. The molecule has 0 radical (unpaired) electrons. The maximum atomic E-state index is 11.9. The Morgan fingerprint density at radius 3 is 2.68 bits per heavy atom. The second-order valence-electron chi connectivity index (χ2n) is 5.18. The van der Waals surface area contributed by atoms with Crippen molar-refractivity contribution < 1.29 is 4.79 Å². The third kappa shape index (κ3) is 6.40. The molecule has 1 heterocycles. The van der Waals surface area contributed by atoms with Gasteiger partial charge >= 0.3 is 0 Å². The highest BCUT2D eigenvalue weighted by Gasteiger charge is 2.21. The van der Waals surface area contributed by atoms with E-state index >= 15 is 0 Å². The Labute approximate surface area is 114 Å². The molecule has 1 aliphatic heterocycles. The molecule has 0 aromatic heterocycles. The Balaban J connectivity index is 2.15. The molecule has 0 aromatic carbocycles. The Bertz CT molecular complexity index is 301. The van der Waals surface area contributed by atoms with Gasteiger partial charge in [-0.1, -0.05) is 0 Å². The molecule has 1 fully saturated rings. The van der Waals surface area contributed by atoms with E-state index in [1.165, 1.54) is 0 Å². The molecule has 19 heavy (non-hydrogen) atoms. The van der Waals surface area contributed by atoms with E-state index in [9.17, 15) is 4.79 Å². The van der Waals surface area contributed by atoms with Crippen LogP contribution in [-0.4, -0.2) is 55.5 Å². The summed E-state index contributed by atoms with van der Waals surface area (Å²) in [5.74, 6) is -0.123. The van der Waals surface area contributed by atoms with E-state index in [1.54, 1.807) is 0 Å². The number of hydrogen-bond acceptors (Lipinski definition) is 4. The van der Waals surface area contributed by atoms with Crippen molar-refractivity contribution in [3.05, 3.63) is 0 Å². The van der Waals surface area contributed by atoms with Gasteiger partial charge in [-0.2, -0.15) is 0 Å². The molecule has 1 saturated heterocycles. The minimum Gasteiger partial charge on any atom is -0.370 e. The van der Waals surface area contributed by atoms with E-state index in [1.807, 2.05) is 0 Å². The zero-order valence-electron chi connectivity index (χ0n) is 11.6. The third-order valence-electron chi connectivity index (χ3n) is 3.41. The summed E-state index contributed by atoms with van der Waals surface area (Å²) in [6.07, 6.45) is 3.29. The monoisotopic (exact) mass is 270 g/mol. The van der Waals surface area contributed by atoms with Crippen molar-refractivity contribution in [3.63, 3.8) is 0 Å². The predicted octanol–water partition coefficient (Wildman–Crippen LogP) is -1.21. The largest absolute Gasteiger partial charge is 0.370 e. The van der Waals surface area contributed by atoms with Crippen molar-refractivity contribution in [2.24, 2.45) is 11.5 Å². The van der Waals surface area contributed by atoms with Crippen LogP contribution in [-0.2, 0) is 4.79 Å². The van der Waals surface area contributed by atoms with Gasteiger partial charge in [0.15, 0.2) is 5.96 Å². The van der Waals surface area contributed by atoms with Crippen molar-refractivity contribution in [3.8, 4) is 0 Å². The van der Waals surface area contributed by atoms with Crippen LogP contribution in [0.2, 0.25) is 0 Å². The lowest BCUT2D eigenvalue weighted by molar-refractivity contribution is -0.123. The highest BCUT2D eigenvalue weighted by atomic mass is 16.2. The van der Waals surface area contributed by atoms with Crippen LogP contribution in [0.3, 0.4) is 0 Å². The summed E-state index contributed by atoms with van der Waals surface area (Å²) in [7, 11) is 2.09. The average molecular weight is 270 g/mol. The second kappa shape index (κ2) is 7.96. The van der Waals surface area contributed by atoms with Crippen LogP contribution >= 0.6 is 0 Å². The summed E-state index contributed by atoms with van der Waals surface area (Å²) in [4.78, 5) is 14.1. The van der Waals surface area contributed by atoms with Crippen LogP contribution in [0.25, 0.3) is 0 Å². The molecule has 0 aliphatic carbocycles. The predicted molar refractivity (Wildman–Crippen MR) is 75.8 cm³/mol. The lowest BCUT2D eigenvalue weighted by Gasteiger charge is -2.30. The number of piperidine rings is 1. The first-order valence-electron chi connectivity index (χ1n) is 6.81. The molecule has 0 spiro atoms. The van der Waals surface area contributed by atoms with Gasteiger partial charge in [0.25, 0.3) is 0 Å². The smallest absolute Gasteiger partial charge is 0.237 e. The van der Waals surface area contributed by atoms with Crippen LogP contribution < -0.4 is 22.1 Å². The number of nitrogens with zero attached hydrogens (tertiary/aromatic N) is 1. The third-order valence-corrected chi connectivity index (χ3v) is 3.41. The standard InChI is InChI=1S/C12H26N6O/c1-18-7-4-9(5-8-18)17-11(19)10(13)3-2-6-16-12(14)15/h9-10H,2-8,13H2,1H3,(H,17,19)(H4,14,15,16). The maximum Gasteiger partial charge on any atom is 0.237 e. The van der Waals surface area contributed by atoms with Gasteiger partial charge in [-0.25, -0.2) is 0 Å². The second-order valence-corrected chi connectivity index (χ2v) is 5.18. The summed E-state index contributed by atoms with van der Waals surface area (Å²) in [5, 5.41) is 12.7. The average Bonchev–Trinajstić information content (AvgIpc) is 2.36. The fourth-order valence-electron chi connectivity index (χ4n) is 2.14. The summed E-state index contributed by atoms with van der Waals surface area (Å²) in [6.45, 7) is 2.61. The molecule has 0 bridgehead atoms. The Kier molecular flexibility index (Phi) is 6.58. The van der Waals surface area contributed by atoms with Crippen molar-refractivity contribution in [2.45, 2.75) is 37.8 Å². The molecule has 7 nitrogen and oxygen atoms in total. The van der Waals surface area contributed by atoms with Gasteiger partial charge in [-0.15, -0.1) is 0 Å². The minimum atomic E-state index is -0.478. The Hall–Kier alpha value is -1.34. The summed E-state index contributed by atoms with van der Waals surface area (Å²) >= 11 is 0. The fourth-order valence-corrected chi connectivity index (χ4v) is 2.14. The molecule has 1 rings (SSSR count). The normalized spacial score (nSPS) is 18.8. The number of nitrogens with one attached hydrogen (secondary N) is 3. The molecular formula is C12H26N6O. The van der Waals surface area contributed by atoms with Crippen LogP contribution in [0.1, 0.15) is 25.7 Å². The molecule has 7 N–H and O–H groups in total.